The highest BCUT2D eigenvalue weighted by molar-refractivity contribution is 7.19. The molecule has 0 saturated carbocycles. The van der Waals surface area contributed by atoms with Crippen molar-refractivity contribution < 1.29 is 29.3 Å². The number of amides is 2. The molecule has 3 aromatic heterocycles. The minimum Gasteiger partial charge on any atom is -0.508 e. The number of aromatic nitrogens is 4. The average Bonchev–Trinajstić information content (AvgIpc) is 3.95. The number of aromatic hydroxyl groups is 2. The number of thiophene rings is 1. The van der Waals surface area contributed by atoms with E-state index in [1.165, 1.54) is 11.6 Å². The molecule has 10 rings (SSSR count). The van der Waals surface area contributed by atoms with Crippen LogP contribution in [0.15, 0.2) is 48.8 Å². The van der Waals surface area contributed by atoms with Crippen molar-refractivity contribution in [1.82, 2.24) is 44.4 Å². The van der Waals surface area contributed by atoms with Crippen molar-refractivity contribution in [3.63, 3.8) is 0 Å². The smallest absolute Gasteiger partial charge is 0.258 e. The number of hydrogen-bond donors (Lipinski definition) is 3. The largest absolute Gasteiger partial charge is 0.508 e. The maximum Gasteiger partial charge on any atom is 0.258 e. The molecule has 0 unspecified atom stereocenters. The van der Waals surface area contributed by atoms with Crippen LogP contribution < -0.4 is 10.6 Å². The van der Waals surface area contributed by atoms with Crippen molar-refractivity contribution in [2.24, 2.45) is 0 Å². The fourth-order valence-corrected chi connectivity index (χ4v) is 11.3. The normalized spacial score (nSPS) is 20.4. The van der Waals surface area contributed by atoms with Crippen molar-refractivity contribution in [2.45, 2.75) is 70.9 Å². The van der Waals surface area contributed by atoms with E-state index < -0.39 is 6.10 Å². The van der Waals surface area contributed by atoms with Gasteiger partial charge in [-0.05, 0) is 66.2 Å². The molecule has 17 nitrogen and oxygen atoms in total. The van der Waals surface area contributed by atoms with Gasteiger partial charge in [0.05, 0.1) is 41.2 Å². The Morgan fingerprint density at radius 2 is 1.58 bits per heavy atom. The number of phenolic OH excluding ortho intramolecular Hbond substituents is 2. The Kier molecular flexibility index (Phi) is 12.8. The SMILES string of the molecule is CC(C)c1cc(C(=O)N2Cc3ccc(CN4CCC(N5CCN(C(=O)[C@@H]6CN(Cc7cc8nc(-c9cnc(N)nc9)nc(N9CCOCC9)c8s7)CCO6)CC5)CC4)cc3C2)c(O)cc1O. The molecule has 5 aromatic rings. The summed E-state index contributed by atoms with van der Waals surface area (Å²) < 4.78 is 12.8. The van der Waals surface area contributed by atoms with E-state index in [1.54, 1.807) is 34.7 Å². The molecule has 0 radical (unpaired) electrons. The van der Waals surface area contributed by atoms with Gasteiger partial charge in [0, 0.05) is 108 Å². The molecule has 1 atom stereocenters. The standard InChI is InChI=1S/C48H59N11O6S/c1-30(2)37-21-38(41(61)22-40(37)60)46(62)59-26-32-4-3-31(19-33(32)27-59)25-54-7-5-35(6-8-54)56-9-11-58(12-10-56)47(63)42-29-55(13-18-65-42)28-36-20-39-43(66-36)45(57-14-16-64-17-15-57)53-44(52-39)34-23-50-48(49)51-24-34/h3-4,19-24,30,35,42,60-61H,5-18,25-29H2,1-2H3,(H2,49,50,51)/t42-/m0/s1. The van der Waals surface area contributed by atoms with Gasteiger partial charge < -0.3 is 40.1 Å². The number of morpholine rings is 2. The summed E-state index contributed by atoms with van der Waals surface area (Å²) in [5.41, 5.74) is 11.7. The van der Waals surface area contributed by atoms with Crippen LogP contribution >= 0.6 is 11.3 Å². The highest BCUT2D eigenvalue weighted by atomic mass is 32.1. The number of phenols is 2. The lowest BCUT2D eigenvalue weighted by atomic mass is 9.98. The molecule has 8 heterocycles. The van der Waals surface area contributed by atoms with Crippen LogP contribution in [0.25, 0.3) is 21.6 Å². The van der Waals surface area contributed by atoms with Crippen LogP contribution in [0.3, 0.4) is 0 Å². The first-order valence-electron chi connectivity index (χ1n) is 23.3. The number of carbonyl (C=O) groups excluding carboxylic acids is 2. The Hall–Kier alpha value is -5.50. The van der Waals surface area contributed by atoms with Crippen molar-refractivity contribution in [2.75, 3.05) is 95.9 Å². The van der Waals surface area contributed by atoms with Crippen LogP contribution in [0.4, 0.5) is 11.8 Å². The number of carbonyl (C=O) groups is 2. The summed E-state index contributed by atoms with van der Waals surface area (Å²) in [5.74, 6) is 1.34. The third-order valence-corrected chi connectivity index (χ3v) is 14.9. The second-order valence-electron chi connectivity index (χ2n) is 18.5. The zero-order valence-corrected chi connectivity index (χ0v) is 38.6. The quantitative estimate of drug-likeness (QED) is 0.180. The van der Waals surface area contributed by atoms with Crippen LogP contribution in [-0.2, 0) is 40.4 Å². The Bertz CT molecular complexity index is 2570. The van der Waals surface area contributed by atoms with Crippen molar-refractivity contribution in [3.05, 3.63) is 81.5 Å². The fourth-order valence-electron chi connectivity index (χ4n) is 10.1. The molecule has 4 N–H and O–H groups in total. The zero-order chi connectivity index (χ0) is 45.5. The number of benzene rings is 2. The predicted octanol–water partition coefficient (Wildman–Crippen LogP) is 4.27. The van der Waals surface area contributed by atoms with Gasteiger partial charge in [0.2, 0.25) is 5.95 Å². The Morgan fingerprint density at radius 1 is 0.818 bits per heavy atom. The highest BCUT2D eigenvalue weighted by Gasteiger charge is 2.35. The molecule has 4 fully saturated rings. The zero-order valence-electron chi connectivity index (χ0n) is 37.8. The minimum atomic E-state index is -0.489. The molecule has 0 bridgehead atoms. The molecular formula is C48H59N11O6S. The first-order chi connectivity index (χ1) is 32.0. The Balaban J connectivity index is 0.696. The summed E-state index contributed by atoms with van der Waals surface area (Å²) >= 11 is 1.71. The number of likely N-dealkylation sites (tertiary alicyclic amines) is 1. The number of nitrogens with zero attached hydrogens (tertiary/aromatic N) is 10. The molecular weight excluding hydrogens is 859 g/mol. The Morgan fingerprint density at radius 3 is 2.33 bits per heavy atom. The summed E-state index contributed by atoms with van der Waals surface area (Å²) in [5, 5.41) is 20.8. The second-order valence-corrected chi connectivity index (χ2v) is 19.7. The number of anilines is 2. The number of fused-ring (bicyclic) bond motifs is 2. The van der Waals surface area contributed by atoms with Crippen molar-refractivity contribution >= 4 is 45.1 Å². The van der Waals surface area contributed by atoms with Gasteiger partial charge in [0.15, 0.2) is 11.6 Å². The molecule has 66 heavy (non-hydrogen) atoms. The molecule has 18 heteroatoms. The molecule has 5 aliphatic rings. The highest BCUT2D eigenvalue weighted by Crippen LogP contribution is 2.37. The third kappa shape index (κ3) is 9.39. The van der Waals surface area contributed by atoms with Crippen LogP contribution in [0.2, 0.25) is 0 Å². The number of hydrogen-bond acceptors (Lipinski definition) is 16. The topological polar surface area (TPSA) is 190 Å². The van der Waals surface area contributed by atoms with E-state index in [0.29, 0.717) is 82.1 Å². The lowest BCUT2D eigenvalue weighted by molar-refractivity contribution is -0.151. The first-order valence-corrected chi connectivity index (χ1v) is 24.1. The maximum absolute atomic E-state index is 13.9. The monoisotopic (exact) mass is 917 g/mol. The molecule has 0 aliphatic carbocycles. The number of piperidine rings is 1. The number of ether oxygens (including phenoxy) is 2. The van der Waals surface area contributed by atoms with Gasteiger partial charge in [-0.25, -0.2) is 19.9 Å². The summed E-state index contributed by atoms with van der Waals surface area (Å²) in [6.45, 7) is 16.2. The maximum atomic E-state index is 13.9. The van der Waals surface area contributed by atoms with Crippen LogP contribution in [0.5, 0.6) is 11.5 Å². The van der Waals surface area contributed by atoms with Gasteiger partial charge in [-0.2, -0.15) is 0 Å². The minimum absolute atomic E-state index is 0.00418. The predicted molar refractivity (Wildman–Crippen MR) is 251 cm³/mol. The van der Waals surface area contributed by atoms with Crippen molar-refractivity contribution in [3.8, 4) is 22.9 Å². The van der Waals surface area contributed by atoms with E-state index in [9.17, 15) is 19.8 Å². The summed E-state index contributed by atoms with van der Waals surface area (Å²) in [4.78, 5) is 60.3. The van der Waals surface area contributed by atoms with Gasteiger partial charge in [0.25, 0.3) is 11.8 Å². The summed E-state index contributed by atoms with van der Waals surface area (Å²) in [7, 11) is 0. The second kappa shape index (κ2) is 19.0. The molecule has 0 spiro atoms. The van der Waals surface area contributed by atoms with E-state index in [0.717, 1.165) is 97.2 Å². The van der Waals surface area contributed by atoms with E-state index in [2.05, 4.69) is 53.8 Å². The number of piperazine rings is 1. The van der Waals surface area contributed by atoms with E-state index in [-0.39, 0.29) is 40.7 Å². The van der Waals surface area contributed by atoms with E-state index in [1.807, 2.05) is 18.7 Å². The van der Waals surface area contributed by atoms with Gasteiger partial charge >= 0.3 is 0 Å². The van der Waals surface area contributed by atoms with E-state index >= 15 is 0 Å². The van der Waals surface area contributed by atoms with Gasteiger partial charge in [-0.15, -0.1) is 11.3 Å². The lowest BCUT2D eigenvalue weighted by Gasteiger charge is -2.43. The van der Waals surface area contributed by atoms with Crippen LogP contribution in [0.1, 0.15) is 70.1 Å². The Labute approximate surface area is 388 Å². The molecule has 2 amide bonds. The van der Waals surface area contributed by atoms with Gasteiger partial charge in [0.1, 0.15) is 17.6 Å². The van der Waals surface area contributed by atoms with Gasteiger partial charge in [-0.3, -0.25) is 24.3 Å². The fraction of sp³-hybridized carbons (Fsp3) is 0.500. The summed E-state index contributed by atoms with van der Waals surface area (Å²) in [6, 6.07) is 12.1. The number of rotatable bonds is 10. The molecule has 4 saturated heterocycles. The number of nitrogen functional groups attached to an aromatic ring is 1. The molecule has 5 aliphatic heterocycles. The third-order valence-electron chi connectivity index (χ3n) is 13.8. The van der Waals surface area contributed by atoms with Crippen LogP contribution in [0, 0.1) is 0 Å². The lowest BCUT2D eigenvalue weighted by Crippen LogP contribution is -2.57. The first kappa shape index (κ1) is 44.3. The average molecular weight is 918 g/mol. The van der Waals surface area contributed by atoms with E-state index in [4.69, 9.17) is 25.2 Å². The van der Waals surface area contributed by atoms with Gasteiger partial charge in [-0.1, -0.05) is 32.0 Å². The molecule has 348 valence electrons. The number of nitrogens with two attached hydrogens (primary N) is 1. The van der Waals surface area contributed by atoms with Crippen molar-refractivity contribution in [1.29, 1.82) is 0 Å². The van der Waals surface area contributed by atoms with Crippen LogP contribution in [-0.4, -0.2) is 164 Å². The molecule has 2 aromatic carbocycles. The summed E-state index contributed by atoms with van der Waals surface area (Å²) in [6.07, 6.45) is 5.00.